The van der Waals surface area contributed by atoms with E-state index in [1.807, 2.05) is 18.2 Å². The second-order valence-electron chi connectivity index (χ2n) is 5.48. The zero-order chi connectivity index (χ0) is 16.6. The van der Waals surface area contributed by atoms with Crippen LogP contribution in [0.25, 0.3) is 0 Å². The van der Waals surface area contributed by atoms with Crippen molar-refractivity contribution in [3.05, 3.63) is 35.6 Å². The number of amides is 2. The summed E-state index contributed by atoms with van der Waals surface area (Å²) in [6, 6.07) is -1.51. The molecule has 2 aliphatic heterocycles. The maximum atomic E-state index is 12.3. The lowest BCUT2D eigenvalue weighted by molar-refractivity contribution is -0.150. The average Bonchev–Trinajstić information content (AvgIpc) is 2.58. The third-order valence-electron chi connectivity index (χ3n) is 4.08. The Hall–Kier alpha value is -2.06. The summed E-state index contributed by atoms with van der Waals surface area (Å²) in [6.07, 6.45) is 8.75. The van der Waals surface area contributed by atoms with Crippen molar-refractivity contribution in [1.29, 1.82) is 0 Å². The molecule has 0 aromatic rings. The molecule has 3 atom stereocenters. The van der Waals surface area contributed by atoms with Crippen molar-refractivity contribution in [2.75, 3.05) is 5.75 Å². The first kappa shape index (κ1) is 15.8. The van der Waals surface area contributed by atoms with Crippen LogP contribution in [0.3, 0.4) is 0 Å². The summed E-state index contributed by atoms with van der Waals surface area (Å²) < 4.78 is 0. The molecule has 0 spiro atoms. The monoisotopic (exact) mass is 335 g/mol. The largest absolute Gasteiger partial charge is 0.477 e. The molecule has 2 amide bonds. The number of carboxylic acids is 1. The second-order valence-corrected chi connectivity index (χ2v) is 6.63. The SMILES string of the molecule is NC(C(=O)N[C@@H]1C(=O)N2C(C(=O)O)=CCS[C@@H]12)C1=CCC=CC1. The van der Waals surface area contributed by atoms with E-state index in [9.17, 15) is 14.4 Å². The van der Waals surface area contributed by atoms with Crippen LogP contribution in [-0.2, 0) is 14.4 Å². The van der Waals surface area contributed by atoms with Crippen molar-refractivity contribution in [1.82, 2.24) is 10.2 Å². The van der Waals surface area contributed by atoms with Gasteiger partial charge in [0, 0.05) is 5.75 Å². The predicted octanol–water partition coefficient (Wildman–Crippen LogP) is -0.0415. The fourth-order valence-corrected chi connectivity index (χ4v) is 4.02. The summed E-state index contributed by atoms with van der Waals surface area (Å²) in [4.78, 5) is 36.8. The van der Waals surface area contributed by atoms with Crippen molar-refractivity contribution in [3.8, 4) is 0 Å². The molecule has 0 bridgehead atoms. The minimum Gasteiger partial charge on any atom is -0.477 e. The molecule has 0 saturated carbocycles. The number of carbonyl (C=O) groups excluding carboxylic acids is 2. The van der Waals surface area contributed by atoms with Crippen LogP contribution in [0.15, 0.2) is 35.6 Å². The Balaban J connectivity index is 1.65. The first-order valence-electron chi connectivity index (χ1n) is 7.28. The third kappa shape index (κ3) is 2.79. The highest BCUT2D eigenvalue weighted by Gasteiger charge is 2.53. The van der Waals surface area contributed by atoms with E-state index in [4.69, 9.17) is 10.8 Å². The fourth-order valence-electron chi connectivity index (χ4n) is 2.82. The van der Waals surface area contributed by atoms with Crippen molar-refractivity contribution in [3.63, 3.8) is 0 Å². The molecule has 23 heavy (non-hydrogen) atoms. The summed E-state index contributed by atoms with van der Waals surface area (Å²) >= 11 is 1.42. The van der Waals surface area contributed by atoms with Gasteiger partial charge in [0.1, 0.15) is 23.2 Å². The van der Waals surface area contributed by atoms with Gasteiger partial charge in [0.15, 0.2) is 0 Å². The van der Waals surface area contributed by atoms with Gasteiger partial charge in [0.2, 0.25) is 5.91 Å². The first-order valence-corrected chi connectivity index (χ1v) is 8.33. The van der Waals surface area contributed by atoms with Crippen LogP contribution >= 0.6 is 11.8 Å². The summed E-state index contributed by atoms with van der Waals surface area (Å²) in [5.41, 5.74) is 6.77. The standard InChI is InChI=1S/C15H17N3O4S/c16-10(8-4-2-1-3-5-8)12(19)17-11-13(20)18-9(15(21)22)6-7-23-14(11)18/h1-2,5-6,10-11,14H,3-4,7,16H2,(H,17,19)(H,21,22)/t10?,11-,14+/m1/s1. The third-order valence-corrected chi connectivity index (χ3v) is 5.27. The molecule has 1 saturated heterocycles. The van der Waals surface area contributed by atoms with Gasteiger partial charge in [-0.05, 0) is 24.5 Å². The molecule has 2 heterocycles. The molecule has 1 aliphatic carbocycles. The number of nitrogens with zero attached hydrogens (tertiary/aromatic N) is 1. The molecule has 0 aromatic heterocycles. The zero-order valence-electron chi connectivity index (χ0n) is 12.3. The minimum atomic E-state index is -1.13. The lowest BCUT2D eigenvalue weighted by atomic mass is 9.97. The van der Waals surface area contributed by atoms with Crippen LogP contribution in [-0.4, -0.2) is 51.0 Å². The van der Waals surface area contributed by atoms with Crippen LogP contribution in [0, 0.1) is 0 Å². The van der Waals surface area contributed by atoms with Gasteiger partial charge in [-0.1, -0.05) is 18.2 Å². The lowest BCUT2D eigenvalue weighted by Crippen LogP contribution is -2.71. The van der Waals surface area contributed by atoms with E-state index in [1.54, 1.807) is 0 Å². The Morgan fingerprint density at radius 2 is 2.17 bits per heavy atom. The van der Waals surface area contributed by atoms with E-state index in [2.05, 4.69) is 5.32 Å². The molecule has 1 fully saturated rings. The van der Waals surface area contributed by atoms with E-state index in [0.717, 1.165) is 12.0 Å². The molecule has 7 nitrogen and oxygen atoms in total. The molecule has 0 radical (unpaired) electrons. The second kappa shape index (κ2) is 6.21. The van der Waals surface area contributed by atoms with Crippen molar-refractivity contribution in [2.45, 2.75) is 30.3 Å². The quantitative estimate of drug-likeness (QED) is 0.491. The van der Waals surface area contributed by atoms with Gasteiger partial charge in [-0.25, -0.2) is 4.79 Å². The normalized spacial score (nSPS) is 27.3. The van der Waals surface area contributed by atoms with Crippen LogP contribution in [0.5, 0.6) is 0 Å². The number of nitrogens with one attached hydrogen (secondary N) is 1. The predicted molar refractivity (Wildman–Crippen MR) is 85.2 cm³/mol. The Bertz CT molecular complexity index is 655. The average molecular weight is 335 g/mol. The van der Waals surface area contributed by atoms with E-state index in [1.165, 1.54) is 22.7 Å². The number of nitrogens with two attached hydrogens (primary N) is 1. The number of aliphatic carboxylic acids is 1. The van der Waals surface area contributed by atoms with E-state index in [0.29, 0.717) is 12.2 Å². The highest BCUT2D eigenvalue weighted by Crippen LogP contribution is 2.37. The topological polar surface area (TPSA) is 113 Å². The van der Waals surface area contributed by atoms with Crippen molar-refractivity contribution < 1.29 is 19.5 Å². The number of fused-ring (bicyclic) bond motifs is 1. The Kier molecular flexibility index (Phi) is 4.27. The van der Waals surface area contributed by atoms with Gasteiger partial charge in [0.25, 0.3) is 5.91 Å². The number of hydrogen-bond donors (Lipinski definition) is 3. The van der Waals surface area contributed by atoms with Crippen molar-refractivity contribution in [2.24, 2.45) is 5.73 Å². The van der Waals surface area contributed by atoms with E-state index in [-0.39, 0.29) is 11.1 Å². The number of allylic oxidation sites excluding steroid dienone is 3. The summed E-state index contributed by atoms with van der Waals surface area (Å²) in [7, 11) is 0. The lowest BCUT2D eigenvalue weighted by Gasteiger charge is -2.48. The number of rotatable bonds is 4. The molecule has 4 N–H and O–H groups in total. The Labute approximate surface area is 137 Å². The van der Waals surface area contributed by atoms with E-state index < -0.39 is 29.9 Å². The summed E-state index contributed by atoms with van der Waals surface area (Å²) in [5, 5.41) is 11.4. The van der Waals surface area contributed by atoms with Crippen LogP contribution in [0.4, 0.5) is 0 Å². The smallest absolute Gasteiger partial charge is 0.352 e. The zero-order valence-corrected chi connectivity index (χ0v) is 13.1. The van der Waals surface area contributed by atoms with Crippen LogP contribution in [0.1, 0.15) is 12.8 Å². The van der Waals surface area contributed by atoms with Gasteiger partial charge in [-0.3, -0.25) is 14.5 Å². The molecule has 1 unspecified atom stereocenters. The number of β-lactam (4-membered cyclic amide) rings is 1. The summed E-state index contributed by atoms with van der Waals surface area (Å²) in [5.74, 6) is -1.46. The van der Waals surface area contributed by atoms with Crippen LogP contribution in [0.2, 0.25) is 0 Å². The molecular formula is C15H17N3O4S. The maximum Gasteiger partial charge on any atom is 0.352 e. The number of thioether (sulfide) groups is 1. The van der Waals surface area contributed by atoms with Gasteiger partial charge in [-0.15, -0.1) is 11.8 Å². The molecule has 3 rings (SSSR count). The molecule has 8 heteroatoms. The molecule has 3 aliphatic rings. The summed E-state index contributed by atoms with van der Waals surface area (Å²) in [6.45, 7) is 0. The van der Waals surface area contributed by atoms with Crippen molar-refractivity contribution >= 4 is 29.5 Å². The van der Waals surface area contributed by atoms with Gasteiger partial charge >= 0.3 is 5.97 Å². The van der Waals surface area contributed by atoms with Gasteiger partial charge in [0.05, 0.1) is 0 Å². The van der Waals surface area contributed by atoms with Crippen LogP contribution < -0.4 is 11.1 Å². The number of hydrogen-bond acceptors (Lipinski definition) is 5. The fraction of sp³-hybridized carbons (Fsp3) is 0.400. The molecule has 0 aromatic carbocycles. The Morgan fingerprint density at radius 3 is 2.83 bits per heavy atom. The number of carboxylic acid groups (broad SMARTS) is 1. The minimum absolute atomic E-state index is 0.0197. The molecular weight excluding hydrogens is 318 g/mol. The highest BCUT2D eigenvalue weighted by molar-refractivity contribution is 8.00. The molecule has 122 valence electrons. The Morgan fingerprint density at radius 1 is 1.39 bits per heavy atom. The first-order chi connectivity index (χ1) is 11.0. The van der Waals surface area contributed by atoms with Gasteiger partial charge in [-0.2, -0.15) is 0 Å². The maximum absolute atomic E-state index is 12.3. The highest BCUT2D eigenvalue weighted by atomic mass is 32.2. The van der Waals surface area contributed by atoms with Gasteiger partial charge < -0.3 is 16.2 Å². The number of carbonyl (C=O) groups is 3. The van der Waals surface area contributed by atoms with E-state index >= 15 is 0 Å².